The van der Waals surface area contributed by atoms with Gasteiger partial charge in [-0.2, -0.15) is 0 Å². The van der Waals surface area contributed by atoms with Gasteiger partial charge in [0.15, 0.2) is 9.84 Å². The smallest absolute Gasteiger partial charge is 0.175 e. The molecule has 1 heterocycles. The van der Waals surface area contributed by atoms with Crippen molar-refractivity contribution in [3.63, 3.8) is 0 Å². The number of sulfone groups is 1. The van der Waals surface area contributed by atoms with Gasteiger partial charge >= 0.3 is 0 Å². The van der Waals surface area contributed by atoms with Gasteiger partial charge in [0.05, 0.1) is 12.0 Å². The van der Waals surface area contributed by atoms with E-state index in [9.17, 15) is 13.5 Å². The molecule has 2 aromatic rings. The Bertz CT molecular complexity index is 713. The second-order valence-electron chi connectivity index (χ2n) is 4.34. The number of benzene rings is 1. The SMILES string of the molecule is COc1cccnc1C(O)c1cccc(S(C)(=O)=O)c1. The minimum Gasteiger partial charge on any atom is -0.495 e. The molecule has 1 aromatic carbocycles. The molecule has 0 amide bonds. The highest BCUT2D eigenvalue weighted by molar-refractivity contribution is 7.90. The molecule has 0 spiro atoms. The first-order valence-electron chi connectivity index (χ1n) is 5.90. The number of rotatable bonds is 4. The van der Waals surface area contributed by atoms with E-state index in [4.69, 9.17) is 4.74 Å². The number of aliphatic hydroxyl groups is 1. The lowest BCUT2D eigenvalue weighted by Crippen LogP contribution is -2.06. The van der Waals surface area contributed by atoms with Crippen LogP contribution in [-0.2, 0) is 9.84 Å². The molecule has 2 rings (SSSR count). The number of nitrogens with zero attached hydrogens (tertiary/aromatic N) is 1. The van der Waals surface area contributed by atoms with Crippen LogP contribution in [0.3, 0.4) is 0 Å². The molecule has 20 heavy (non-hydrogen) atoms. The van der Waals surface area contributed by atoms with E-state index in [2.05, 4.69) is 4.98 Å². The van der Waals surface area contributed by atoms with Crippen LogP contribution >= 0.6 is 0 Å². The molecule has 0 fully saturated rings. The molecule has 0 bridgehead atoms. The van der Waals surface area contributed by atoms with Gasteiger partial charge in [-0.1, -0.05) is 12.1 Å². The van der Waals surface area contributed by atoms with Crippen LogP contribution < -0.4 is 4.74 Å². The van der Waals surface area contributed by atoms with Crippen molar-refractivity contribution in [1.29, 1.82) is 0 Å². The number of aromatic nitrogens is 1. The summed E-state index contributed by atoms with van der Waals surface area (Å²) in [4.78, 5) is 4.25. The highest BCUT2D eigenvalue weighted by Gasteiger charge is 2.18. The van der Waals surface area contributed by atoms with Crippen LogP contribution in [0.2, 0.25) is 0 Å². The predicted molar refractivity (Wildman–Crippen MR) is 74.4 cm³/mol. The molecule has 1 N–H and O–H groups in total. The van der Waals surface area contributed by atoms with Gasteiger partial charge < -0.3 is 9.84 Å². The van der Waals surface area contributed by atoms with Gasteiger partial charge in [0.1, 0.15) is 17.5 Å². The summed E-state index contributed by atoms with van der Waals surface area (Å²) in [6.45, 7) is 0. The largest absolute Gasteiger partial charge is 0.495 e. The van der Waals surface area contributed by atoms with Crippen molar-refractivity contribution in [1.82, 2.24) is 4.98 Å². The van der Waals surface area contributed by atoms with Gasteiger partial charge in [-0.25, -0.2) is 8.42 Å². The van der Waals surface area contributed by atoms with E-state index in [1.54, 1.807) is 30.5 Å². The highest BCUT2D eigenvalue weighted by atomic mass is 32.2. The summed E-state index contributed by atoms with van der Waals surface area (Å²) in [5, 5.41) is 10.4. The van der Waals surface area contributed by atoms with Gasteiger partial charge in [0.25, 0.3) is 0 Å². The Morgan fingerprint density at radius 3 is 2.65 bits per heavy atom. The maximum atomic E-state index is 11.5. The molecule has 0 aliphatic carbocycles. The molecule has 0 aliphatic rings. The summed E-state index contributed by atoms with van der Waals surface area (Å²) in [6, 6.07) is 9.54. The van der Waals surface area contributed by atoms with Crippen molar-refractivity contribution < 1.29 is 18.3 Å². The topological polar surface area (TPSA) is 76.5 Å². The zero-order chi connectivity index (χ0) is 14.8. The van der Waals surface area contributed by atoms with E-state index in [0.29, 0.717) is 17.0 Å². The fraction of sp³-hybridized carbons (Fsp3) is 0.214. The Morgan fingerprint density at radius 1 is 1.25 bits per heavy atom. The number of ether oxygens (including phenoxy) is 1. The fourth-order valence-electron chi connectivity index (χ4n) is 1.85. The second-order valence-corrected chi connectivity index (χ2v) is 6.35. The lowest BCUT2D eigenvalue weighted by atomic mass is 10.1. The number of hydrogen-bond acceptors (Lipinski definition) is 5. The lowest BCUT2D eigenvalue weighted by Gasteiger charge is -2.14. The number of aliphatic hydroxyl groups excluding tert-OH is 1. The van der Waals surface area contributed by atoms with E-state index < -0.39 is 15.9 Å². The summed E-state index contributed by atoms with van der Waals surface area (Å²) >= 11 is 0. The Labute approximate surface area is 117 Å². The minimum absolute atomic E-state index is 0.156. The highest BCUT2D eigenvalue weighted by Crippen LogP contribution is 2.28. The van der Waals surface area contributed by atoms with Crippen LogP contribution in [0.1, 0.15) is 17.4 Å². The number of methoxy groups -OCH3 is 1. The Balaban J connectivity index is 2.46. The summed E-state index contributed by atoms with van der Waals surface area (Å²) < 4.78 is 28.2. The molecule has 1 aromatic heterocycles. The molecule has 0 aliphatic heterocycles. The van der Waals surface area contributed by atoms with Crippen molar-refractivity contribution >= 4 is 9.84 Å². The Hall–Kier alpha value is -1.92. The van der Waals surface area contributed by atoms with Gasteiger partial charge in [0.2, 0.25) is 0 Å². The van der Waals surface area contributed by atoms with Crippen molar-refractivity contribution in [3.05, 3.63) is 53.9 Å². The maximum absolute atomic E-state index is 11.5. The average Bonchev–Trinajstić information content (AvgIpc) is 2.45. The molecule has 1 unspecified atom stereocenters. The number of hydrogen-bond donors (Lipinski definition) is 1. The third-order valence-electron chi connectivity index (χ3n) is 2.88. The van der Waals surface area contributed by atoms with Crippen molar-refractivity contribution in [2.24, 2.45) is 0 Å². The average molecular weight is 293 g/mol. The first kappa shape index (κ1) is 14.5. The van der Waals surface area contributed by atoms with Crippen LogP contribution in [0.25, 0.3) is 0 Å². The van der Waals surface area contributed by atoms with Gasteiger partial charge in [0, 0.05) is 12.5 Å². The quantitative estimate of drug-likeness (QED) is 0.926. The normalized spacial score (nSPS) is 12.9. The monoisotopic (exact) mass is 293 g/mol. The van der Waals surface area contributed by atoms with Gasteiger partial charge in [-0.15, -0.1) is 0 Å². The second kappa shape index (κ2) is 5.60. The summed E-state index contributed by atoms with van der Waals surface area (Å²) in [5.74, 6) is 0.449. The third kappa shape index (κ3) is 2.97. The summed E-state index contributed by atoms with van der Waals surface area (Å²) in [6.07, 6.45) is 1.62. The number of pyridine rings is 1. The fourth-order valence-corrected chi connectivity index (χ4v) is 2.53. The van der Waals surface area contributed by atoms with E-state index in [-0.39, 0.29) is 4.90 Å². The molecular weight excluding hydrogens is 278 g/mol. The van der Waals surface area contributed by atoms with Crippen LogP contribution in [0, 0.1) is 0 Å². The molecule has 0 radical (unpaired) electrons. The van der Waals surface area contributed by atoms with Crippen molar-refractivity contribution in [3.8, 4) is 5.75 Å². The van der Waals surface area contributed by atoms with Gasteiger partial charge in [-0.05, 0) is 29.8 Å². The van der Waals surface area contributed by atoms with E-state index in [0.717, 1.165) is 6.26 Å². The van der Waals surface area contributed by atoms with Crippen LogP contribution in [0.15, 0.2) is 47.5 Å². The molecular formula is C14H15NO4S. The Morgan fingerprint density at radius 2 is 2.00 bits per heavy atom. The standard InChI is InChI=1S/C14H15NO4S/c1-19-12-7-4-8-15-13(12)14(16)10-5-3-6-11(9-10)20(2,17)18/h3-9,14,16H,1-2H3. The summed E-state index contributed by atoms with van der Waals surface area (Å²) in [7, 11) is -1.83. The predicted octanol–water partition coefficient (Wildman–Crippen LogP) is 1.58. The lowest BCUT2D eigenvalue weighted by molar-refractivity contribution is 0.209. The zero-order valence-electron chi connectivity index (χ0n) is 11.1. The molecule has 6 heteroatoms. The molecule has 0 saturated carbocycles. The van der Waals surface area contributed by atoms with Crippen LogP contribution in [0.5, 0.6) is 5.75 Å². The first-order chi connectivity index (χ1) is 9.43. The summed E-state index contributed by atoms with van der Waals surface area (Å²) in [5.41, 5.74) is 0.797. The zero-order valence-corrected chi connectivity index (χ0v) is 12.0. The van der Waals surface area contributed by atoms with E-state index >= 15 is 0 Å². The molecule has 0 saturated heterocycles. The maximum Gasteiger partial charge on any atom is 0.175 e. The minimum atomic E-state index is -3.32. The molecule has 5 nitrogen and oxygen atoms in total. The van der Waals surface area contributed by atoms with Crippen molar-refractivity contribution in [2.75, 3.05) is 13.4 Å². The van der Waals surface area contributed by atoms with E-state index in [1.165, 1.54) is 19.2 Å². The van der Waals surface area contributed by atoms with Crippen molar-refractivity contribution in [2.45, 2.75) is 11.0 Å². The van der Waals surface area contributed by atoms with Gasteiger partial charge in [-0.3, -0.25) is 4.98 Å². The van der Waals surface area contributed by atoms with Crippen LogP contribution in [0.4, 0.5) is 0 Å². The Kier molecular flexibility index (Phi) is 4.06. The molecule has 1 atom stereocenters. The van der Waals surface area contributed by atoms with Crippen LogP contribution in [-0.4, -0.2) is 31.9 Å². The first-order valence-corrected chi connectivity index (χ1v) is 7.79. The third-order valence-corrected chi connectivity index (χ3v) is 3.99. The molecule has 106 valence electrons. The van der Waals surface area contributed by atoms with E-state index in [1.807, 2.05) is 0 Å².